The number of carboxylic acid groups (broad SMARTS) is 1. The summed E-state index contributed by atoms with van der Waals surface area (Å²) in [7, 11) is -4.29. The van der Waals surface area contributed by atoms with Crippen molar-refractivity contribution in [1.29, 1.82) is 0 Å². The number of carbonyl (C=O) groups excluding carboxylic acids is 3. The van der Waals surface area contributed by atoms with Gasteiger partial charge in [-0.3, -0.25) is 19.2 Å². The lowest BCUT2D eigenvalue weighted by Gasteiger charge is -2.25. The number of ether oxygens (including phenoxy) is 1. The smallest absolute Gasteiger partial charge is 0.321 e. The second-order valence-electron chi connectivity index (χ2n) is 10.4. The Kier molecular flexibility index (Phi) is 9.56. The minimum Gasteiger partial charge on any atom is -0.480 e. The third-order valence-corrected chi connectivity index (χ3v) is 9.46. The van der Waals surface area contributed by atoms with Crippen LogP contribution in [0.4, 0.5) is 11.4 Å². The molecule has 0 fully saturated rings. The lowest BCUT2D eigenvalue weighted by Crippen LogP contribution is -2.33. The fourth-order valence-corrected chi connectivity index (χ4v) is 6.00. The van der Waals surface area contributed by atoms with E-state index in [9.17, 15) is 27.6 Å². The van der Waals surface area contributed by atoms with Gasteiger partial charge in [-0.15, -0.1) is 0 Å². The van der Waals surface area contributed by atoms with E-state index in [0.717, 1.165) is 12.5 Å². The molecule has 2 unspecified atom stereocenters. The first kappa shape index (κ1) is 31.7. The number of aliphatic carboxylic acids is 1. The normalized spacial score (nSPS) is 15.5. The van der Waals surface area contributed by atoms with Gasteiger partial charge < -0.3 is 20.1 Å². The van der Waals surface area contributed by atoms with Crippen LogP contribution in [0.2, 0.25) is 5.02 Å². The van der Waals surface area contributed by atoms with Gasteiger partial charge in [0.1, 0.15) is 11.9 Å². The first-order valence-corrected chi connectivity index (χ1v) is 15.6. The number of hydrogen-bond donors (Lipinski definition) is 2. The number of fused-ring (bicyclic) bond motifs is 1. The first-order valence-electron chi connectivity index (χ1n) is 13.5. The van der Waals surface area contributed by atoms with Crippen LogP contribution in [-0.4, -0.2) is 54.8 Å². The molecule has 1 heterocycles. The standard InChI is InChI=1S/C31H31ClN2O8S/c1-18-7-4-5-8-23(18)29(36)33-22-11-12-24(19(2)15-22)30(37)34-14-6-9-27(25-16-21(32)10-13-26(25)34)42-28(35)17-43(40,41)20(3)31(38)39/h4-5,7-8,10-13,15-16,20,27H,6,9,14,17H2,1-3H3,(H,33,36)(H,38,39). The minimum absolute atomic E-state index is 0.263. The Morgan fingerprint density at radius 2 is 1.74 bits per heavy atom. The summed E-state index contributed by atoms with van der Waals surface area (Å²) in [5.74, 6) is -4.33. The van der Waals surface area contributed by atoms with Crippen LogP contribution in [0.5, 0.6) is 0 Å². The molecule has 3 aromatic carbocycles. The van der Waals surface area contributed by atoms with Gasteiger partial charge in [0, 0.05) is 33.9 Å². The van der Waals surface area contributed by atoms with Gasteiger partial charge in [0.25, 0.3) is 11.8 Å². The highest BCUT2D eigenvalue weighted by molar-refractivity contribution is 7.93. The molecule has 10 nitrogen and oxygen atoms in total. The van der Waals surface area contributed by atoms with Gasteiger partial charge in [-0.2, -0.15) is 0 Å². The second-order valence-corrected chi connectivity index (χ2v) is 13.1. The van der Waals surface area contributed by atoms with Crippen LogP contribution in [0.25, 0.3) is 0 Å². The summed E-state index contributed by atoms with van der Waals surface area (Å²) in [6.07, 6.45) is -0.215. The maximum absolute atomic E-state index is 13.8. The Bertz CT molecular complexity index is 1710. The number of nitrogens with zero attached hydrogens (tertiary/aromatic N) is 1. The number of carbonyl (C=O) groups is 4. The Morgan fingerprint density at radius 3 is 2.42 bits per heavy atom. The number of carboxylic acids is 1. The van der Waals surface area contributed by atoms with Crippen molar-refractivity contribution in [2.45, 2.75) is 45.0 Å². The largest absolute Gasteiger partial charge is 0.480 e. The summed E-state index contributed by atoms with van der Waals surface area (Å²) in [6, 6.07) is 17.0. The van der Waals surface area contributed by atoms with Gasteiger partial charge in [-0.05, 0) is 87.2 Å². The maximum atomic E-state index is 13.8. The van der Waals surface area contributed by atoms with Crippen LogP contribution >= 0.6 is 11.6 Å². The number of rotatable bonds is 8. The molecule has 0 saturated carbocycles. The number of amides is 2. The number of sulfone groups is 1. The van der Waals surface area contributed by atoms with E-state index in [1.165, 1.54) is 0 Å². The average molecular weight is 627 g/mol. The van der Waals surface area contributed by atoms with Crippen molar-refractivity contribution in [3.63, 3.8) is 0 Å². The predicted octanol–water partition coefficient (Wildman–Crippen LogP) is 5.12. The van der Waals surface area contributed by atoms with Crippen LogP contribution in [-0.2, 0) is 24.2 Å². The van der Waals surface area contributed by atoms with Crippen molar-refractivity contribution < 1.29 is 37.4 Å². The molecule has 1 aliphatic rings. The topological polar surface area (TPSA) is 147 Å². The van der Waals surface area contributed by atoms with Crippen molar-refractivity contribution in [2.24, 2.45) is 0 Å². The molecule has 0 bridgehead atoms. The molecular formula is C31H31ClN2O8S. The van der Waals surface area contributed by atoms with Crippen molar-refractivity contribution in [2.75, 3.05) is 22.5 Å². The summed E-state index contributed by atoms with van der Waals surface area (Å²) in [6.45, 7) is 4.88. The van der Waals surface area contributed by atoms with Crippen molar-refractivity contribution in [1.82, 2.24) is 0 Å². The van der Waals surface area contributed by atoms with Crippen LogP contribution < -0.4 is 10.2 Å². The van der Waals surface area contributed by atoms with Gasteiger partial charge in [0.2, 0.25) is 0 Å². The maximum Gasteiger partial charge on any atom is 0.321 e. The van der Waals surface area contributed by atoms with E-state index in [4.69, 9.17) is 21.4 Å². The number of nitrogens with one attached hydrogen (secondary N) is 1. The second kappa shape index (κ2) is 13.0. The van der Waals surface area contributed by atoms with Crippen LogP contribution in [0, 0.1) is 13.8 Å². The highest BCUT2D eigenvalue weighted by Crippen LogP contribution is 2.38. The summed E-state index contributed by atoms with van der Waals surface area (Å²) in [4.78, 5) is 51.9. The average Bonchev–Trinajstić information content (AvgIpc) is 3.11. The molecule has 226 valence electrons. The summed E-state index contributed by atoms with van der Waals surface area (Å²) >= 11 is 6.26. The fraction of sp³-hybridized carbons (Fsp3) is 0.290. The number of hydrogen-bond acceptors (Lipinski definition) is 7. The van der Waals surface area contributed by atoms with E-state index < -0.39 is 38.9 Å². The number of esters is 1. The lowest BCUT2D eigenvalue weighted by atomic mass is 10.0. The molecule has 0 spiro atoms. The molecule has 0 saturated heterocycles. The zero-order valence-corrected chi connectivity index (χ0v) is 25.4. The number of aryl methyl sites for hydroxylation is 2. The van der Waals surface area contributed by atoms with Gasteiger partial charge in [0.05, 0.1) is 5.69 Å². The molecule has 3 aromatic rings. The first-order chi connectivity index (χ1) is 20.3. The van der Waals surface area contributed by atoms with Gasteiger partial charge in [0.15, 0.2) is 15.1 Å². The zero-order chi connectivity index (χ0) is 31.5. The van der Waals surface area contributed by atoms with Crippen LogP contribution in [0.15, 0.2) is 60.7 Å². The number of halogens is 1. The van der Waals surface area contributed by atoms with E-state index in [0.29, 0.717) is 45.1 Å². The van der Waals surface area contributed by atoms with E-state index >= 15 is 0 Å². The molecule has 4 rings (SSSR count). The minimum atomic E-state index is -4.29. The van der Waals surface area contributed by atoms with Crippen molar-refractivity contribution >= 4 is 56.6 Å². The van der Waals surface area contributed by atoms with Crippen LogP contribution in [0.3, 0.4) is 0 Å². The summed E-state index contributed by atoms with van der Waals surface area (Å²) in [5, 5.41) is 10.5. The molecule has 2 N–H and O–H groups in total. The van der Waals surface area contributed by atoms with Crippen molar-refractivity contribution in [3.05, 3.63) is 93.5 Å². The fourth-order valence-electron chi connectivity index (χ4n) is 4.86. The van der Waals surface area contributed by atoms with Gasteiger partial charge >= 0.3 is 11.9 Å². The third-order valence-electron chi connectivity index (χ3n) is 7.30. The van der Waals surface area contributed by atoms with Crippen LogP contribution in [0.1, 0.15) is 63.3 Å². The predicted molar refractivity (Wildman–Crippen MR) is 162 cm³/mol. The highest BCUT2D eigenvalue weighted by Gasteiger charge is 2.34. The Balaban J connectivity index is 1.56. The van der Waals surface area contributed by atoms with E-state index in [2.05, 4.69) is 5.32 Å². The summed E-state index contributed by atoms with van der Waals surface area (Å²) < 4.78 is 30.2. The highest BCUT2D eigenvalue weighted by atomic mass is 35.5. The molecule has 12 heteroatoms. The Hall–Kier alpha value is -4.22. The third kappa shape index (κ3) is 7.23. The van der Waals surface area contributed by atoms with Crippen molar-refractivity contribution in [3.8, 4) is 0 Å². The SMILES string of the molecule is Cc1ccccc1C(=O)Nc1ccc(C(=O)N2CCCC(OC(=O)CS(=O)(=O)C(C)C(=O)O)c3cc(Cl)ccc32)c(C)c1. The van der Waals surface area contributed by atoms with Gasteiger partial charge in [-0.1, -0.05) is 29.8 Å². The monoisotopic (exact) mass is 626 g/mol. The molecule has 2 atom stereocenters. The molecule has 1 aliphatic heterocycles. The molecule has 43 heavy (non-hydrogen) atoms. The van der Waals surface area contributed by atoms with E-state index in [1.807, 2.05) is 19.1 Å². The van der Waals surface area contributed by atoms with E-state index in [-0.39, 0.29) is 24.8 Å². The number of benzene rings is 3. The number of anilines is 2. The Labute approximate surface area is 254 Å². The molecule has 0 aromatic heterocycles. The molecule has 2 amide bonds. The lowest BCUT2D eigenvalue weighted by molar-refractivity contribution is -0.146. The van der Waals surface area contributed by atoms with E-state index in [1.54, 1.807) is 60.4 Å². The Morgan fingerprint density at radius 1 is 1.02 bits per heavy atom. The molecule has 0 radical (unpaired) electrons. The quantitative estimate of drug-likeness (QED) is 0.327. The van der Waals surface area contributed by atoms with Gasteiger partial charge in [-0.25, -0.2) is 8.42 Å². The zero-order valence-electron chi connectivity index (χ0n) is 23.8. The molecular weight excluding hydrogens is 596 g/mol. The molecule has 0 aliphatic carbocycles. The summed E-state index contributed by atoms with van der Waals surface area (Å²) in [5.41, 5.74) is 3.82.